The molecule has 0 aliphatic carbocycles. The van der Waals surface area contributed by atoms with E-state index in [1.165, 1.54) is 63.7 Å². The van der Waals surface area contributed by atoms with Gasteiger partial charge in [0.2, 0.25) is 0 Å². The molecule has 0 aromatic heterocycles. The molecular weight excluding hydrogens is 448 g/mol. The highest BCUT2D eigenvalue weighted by Gasteiger charge is 2.18. The normalized spacial score (nSPS) is 13.6. The Morgan fingerprint density at radius 3 is 1.78 bits per heavy atom. The van der Waals surface area contributed by atoms with Crippen LogP contribution in [0, 0.1) is 0 Å². The SMILES string of the molecule is c1ccc(CN(Cc2ccccc2)c2ccc(-c3c(N4CCCCC4)ccc4ccccc34)cc2)cc1. The summed E-state index contributed by atoms with van der Waals surface area (Å²) in [7, 11) is 0. The van der Waals surface area contributed by atoms with E-state index in [0.717, 1.165) is 26.2 Å². The molecule has 0 N–H and O–H groups in total. The first-order chi connectivity index (χ1) is 18.3. The number of hydrogen-bond acceptors (Lipinski definition) is 2. The summed E-state index contributed by atoms with van der Waals surface area (Å²) in [5.74, 6) is 0. The lowest BCUT2D eigenvalue weighted by Gasteiger charge is -2.31. The highest BCUT2D eigenvalue weighted by molar-refractivity contribution is 6.03. The highest BCUT2D eigenvalue weighted by atomic mass is 15.1. The summed E-state index contributed by atoms with van der Waals surface area (Å²) in [5.41, 5.74) is 7.92. The topological polar surface area (TPSA) is 6.48 Å². The summed E-state index contributed by atoms with van der Waals surface area (Å²) in [6.07, 6.45) is 3.89. The van der Waals surface area contributed by atoms with E-state index < -0.39 is 0 Å². The molecule has 0 atom stereocenters. The van der Waals surface area contributed by atoms with Crippen molar-refractivity contribution in [1.82, 2.24) is 0 Å². The molecule has 0 saturated carbocycles. The lowest BCUT2D eigenvalue weighted by atomic mass is 9.94. The Kier molecular flexibility index (Phi) is 6.90. The molecule has 1 heterocycles. The molecule has 1 fully saturated rings. The van der Waals surface area contributed by atoms with Crippen LogP contribution >= 0.6 is 0 Å². The van der Waals surface area contributed by atoms with Crippen LogP contribution in [0.15, 0.2) is 121 Å². The second kappa shape index (κ2) is 10.9. The first-order valence-electron chi connectivity index (χ1n) is 13.5. The van der Waals surface area contributed by atoms with Gasteiger partial charge in [-0.05, 0) is 64.9 Å². The molecule has 1 saturated heterocycles. The third kappa shape index (κ3) is 5.24. The van der Waals surface area contributed by atoms with Gasteiger partial charge in [-0.15, -0.1) is 0 Å². The standard InChI is InChI=1S/C35H34N2/c1-4-12-28(13-5-1)26-37(27-29-14-6-2-7-15-29)32-21-18-31(19-22-32)35-33-17-9-8-16-30(33)20-23-34(35)36-24-10-3-11-25-36/h1-2,4-9,12-23H,3,10-11,24-27H2. The van der Waals surface area contributed by atoms with Crippen LogP contribution in [-0.4, -0.2) is 13.1 Å². The zero-order valence-electron chi connectivity index (χ0n) is 21.4. The maximum atomic E-state index is 2.59. The number of anilines is 2. The number of nitrogens with zero attached hydrogens (tertiary/aromatic N) is 2. The van der Waals surface area contributed by atoms with E-state index in [1.807, 2.05) is 0 Å². The van der Waals surface area contributed by atoms with Gasteiger partial charge in [0, 0.05) is 43.1 Å². The largest absolute Gasteiger partial charge is 0.371 e. The van der Waals surface area contributed by atoms with Gasteiger partial charge in [-0.2, -0.15) is 0 Å². The van der Waals surface area contributed by atoms with Crippen molar-refractivity contribution in [3.8, 4) is 11.1 Å². The van der Waals surface area contributed by atoms with Gasteiger partial charge in [-0.3, -0.25) is 0 Å². The van der Waals surface area contributed by atoms with Crippen LogP contribution in [0.25, 0.3) is 21.9 Å². The predicted molar refractivity (Wildman–Crippen MR) is 158 cm³/mol. The number of piperidine rings is 1. The average molecular weight is 483 g/mol. The van der Waals surface area contributed by atoms with Crippen molar-refractivity contribution < 1.29 is 0 Å². The second-order valence-electron chi connectivity index (χ2n) is 10.1. The molecule has 0 radical (unpaired) electrons. The van der Waals surface area contributed by atoms with Crippen molar-refractivity contribution in [3.05, 3.63) is 132 Å². The van der Waals surface area contributed by atoms with Crippen molar-refractivity contribution in [2.75, 3.05) is 22.9 Å². The Morgan fingerprint density at radius 1 is 0.541 bits per heavy atom. The van der Waals surface area contributed by atoms with Crippen molar-refractivity contribution in [3.63, 3.8) is 0 Å². The smallest absolute Gasteiger partial charge is 0.0452 e. The lowest BCUT2D eigenvalue weighted by Crippen LogP contribution is -2.29. The minimum absolute atomic E-state index is 0.877. The fraction of sp³-hybridized carbons (Fsp3) is 0.200. The third-order valence-corrected chi connectivity index (χ3v) is 7.56. The molecule has 0 spiro atoms. The average Bonchev–Trinajstić information content (AvgIpc) is 2.98. The van der Waals surface area contributed by atoms with Gasteiger partial charge >= 0.3 is 0 Å². The van der Waals surface area contributed by atoms with Crippen LogP contribution in [0.3, 0.4) is 0 Å². The van der Waals surface area contributed by atoms with Gasteiger partial charge in [0.15, 0.2) is 0 Å². The number of benzene rings is 5. The van der Waals surface area contributed by atoms with Gasteiger partial charge in [-0.25, -0.2) is 0 Å². The van der Waals surface area contributed by atoms with E-state index in [9.17, 15) is 0 Å². The minimum Gasteiger partial charge on any atom is -0.371 e. The van der Waals surface area contributed by atoms with Gasteiger partial charge in [0.1, 0.15) is 0 Å². The molecule has 5 aromatic carbocycles. The monoisotopic (exact) mass is 482 g/mol. The first-order valence-corrected chi connectivity index (χ1v) is 13.5. The molecule has 0 unspecified atom stereocenters. The highest BCUT2D eigenvalue weighted by Crippen LogP contribution is 2.39. The Morgan fingerprint density at radius 2 is 1.14 bits per heavy atom. The fourth-order valence-electron chi connectivity index (χ4n) is 5.65. The zero-order chi connectivity index (χ0) is 24.9. The fourth-order valence-corrected chi connectivity index (χ4v) is 5.65. The Balaban J connectivity index is 1.38. The summed E-state index contributed by atoms with van der Waals surface area (Å²) in [6, 6.07) is 44.3. The maximum absolute atomic E-state index is 2.59. The molecule has 184 valence electrons. The molecule has 1 aliphatic rings. The van der Waals surface area contributed by atoms with Gasteiger partial charge in [-0.1, -0.05) is 103 Å². The van der Waals surface area contributed by atoms with E-state index in [1.54, 1.807) is 0 Å². The third-order valence-electron chi connectivity index (χ3n) is 7.56. The second-order valence-corrected chi connectivity index (χ2v) is 10.1. The van der Waals surface area contributed by atoms with E-state index in [0.29, 0.717) is 0 Å². The summed E-state index contributed by atoms with van der Waals surface area (Å²) in [4.78, 5) is 5.07. The van der Waals surface area contributed by atoms with Crippen LogP contribution < -0.4 is 9.80 Å². The Hall–Kier alpha value is -4.04. The molecular formula is C35H34N2. The summed E-state index contributed by atoms with van der Waals surface area (Å²) < 4.78 is 0. The molecule has 0 amide bonds. The summed E-state index contributed by atoms with van der Waals surface area (Å²) in [5, 5.41) is 2.64. The maximum Gasteiger partial charge on any atom is 0.0452 e. The molecule has 1 aliphatic heterocycles. The minimum atomic E-state index is 0.877. The quantitative estimate of drug-likeness (QED) is 0.229. The Labute approximate surface area is 220 Å². The first kappa shape index (κ1) is 23.4. The van der Waals surface area contributed by atoms with E-state index in [-0.39, 0.29) is 0 Å². The van der Waals surface area contributed by atoms with Gasteiger partial charge in [0.05, 0.1) is 0 Å². The molecule has 5 aromatic rings. The number of hydrogen-bond donors (Lipinski definition) is 0. The number of fused-ring (bicyclic) bond motifs is 1. The van der Waals surface area contributed by atoms with Crippen molar-refractivity contribution in [2.24, 2.45) is 0 Å². The Bertz CT molecular complexity index is 1390. The van der Waals surface area contributed by atoms with E-state index >= 15 is 0 Å². The van der Waals surface area contributed by atoms with Crippen molar-refractivity contribution in [2.45, 2.75) is 32.4 Å². The summed E-state index contributed by atoms with van der Waals surface area (Å²) in [6.45, 7) is 4.04. The molecule has 6 rings (SSSR count). The van der Waals surface area contributed by atoms with Gasteiger partial charge < -0.3 is 9.80 Å². The zero-order valence-corrected chi connectivity index (χ0v) is 21.4. The van der Waals surface area contributed by atoms with Crippen molar-refractivity contribution in [1.29, 1.82) is 0 Å². The van der Waals surface area contributed by atoms with E-state index in [2.05, 4.69) is 131 Å². The molecule has 2 nitrogen and oxygen atoms in total. The lowest BCUT2D eigenvalue weighted by molar-refractivity contribution is 0.578. The van der Waals surface area contributed by atoms with Crippen LogP contribution in [-0.2, 0) is 13.1 Å². The van der Waals surface area contributed by atoms with E-state index in [4.69, 9.17) is 0 Å². The molecule has 0 bridgehead atoms. The predicted octanol–water partition coefficient (Wildman–Crippen LogP) is 8.70. The molecule has 2 heteroatoms. The molecule has 37 heavy (non-hydrogen) atoms. The van der Waals surface area contributed by atoms with Crippen LogP contribution in [0.1, 0.15) is 30.4 Å². The van der Waals surface area contributed by atoms with Crippen LogP contribution in [0.2, 0.25) is 0 Å². The summed E-state index contributed by atoms with van der Waals surface area (Å²) >= 11 is 0. The van der Waals surface area contributed by atoms with Gasteiger partial charge in [0.25, 0.3) is 0 Å². The van der Waals surface area contributed by atoms with Crippen LogP contribution in [0.4, 0.5) is 11.4 Å². The van der Waals surface area contributed by atoms with Crippen LogP contribution in [0.5, 0.6) is 0 Å². The van der Waals surface area contributed by atoms with Crippen molar-refractivity contribution >= 4 is 22.1 Å². The number of rotatable bonds is 7.